The number of amides is 3. The number of para-hydroxylation sites is 1. The number of hydrogen-bond acceptors (Lipinski definition) is 10. The number of aromatic nitrogens is 2. The van der Waals surface area contributed by atoms with Crippen LogP contribution in [-0.2, 0) is 32.1 Å². The number of benzene rings is 1. The number of nitrogens with zero attached hydrogens (tertiary/aromatic N) is 5. The quantitative estimate of drug-likeness (QED) is 0.291. The van der Waals surface area contributed by atoms with Gasteiger partial charge in [-0.25, -0.2) is 0 Å². The zero-order valence-electron chi connectivity index (χ0n) is 25.7. The fraction of sp³-hybridized carbons (Fsp3) is 0.452. The summed E-state index contributed by atoms with van der Waals surface area (Å²) < 4.78 is 15.5. The molecule has 2 aromatic heterocycles. The van der Waals surface area contributed by atoms with E-state index in [1.54, 1.807) is 47.9 Å². The Bertz CT molecular complexity index is 1640. The van der Waals surface area contributed by atoms with E-state index < -0.39 is 32.5 Å². The summed E-state index contributed by atoms with van der Waals surface area (Å²) in [6, 6.07) is 8.58. The van der Waals surface area contributed by atoms with E-state index in [0.29, 0.717) is 47.8 Å². The molecule has 0 bridgehead atoms. The Hall–Kier alpha value is -4.45. The average molecular weight is 698 g/mol. The van der Waals surface area contributed by atoms with E-state index in [-0.39, 0.29) is 74.3 Å². The summed E-state index contributed by atoms with van der Waals surface area (Å²) in [6.07, 6.45) is -0.102. The first-order chi connectivity index (χ1) is 22.1. The standard InChI is InChI=1S/C31H36AsN5O9/c1-3-44-31(43)36-14-12-35(13-15-36)30(42)21(8-9-28(39)40)32-29(41)24-16-25(20-6-4-5-7-22(20)34-24)45-18-27(38)37-11-10-23-26(17-37)46-19(2)33-23/h4-7,16,21,32H,3,8-15,17-18H2,1-2H3,(H,39,40). The summed E-state index contributed by atoms with van der Waals surface area (Å²) in [7, 11) is 0. The second kappa shape index (κ2) is 14.8. The molecule has 0 aliphatic carbocycles. The van der Waals surface area contributed by atoms with E-state index in [1.165, 1.54) is 11.0 Å². The predicted molar refractivity (Wildman–Crippen MR) is 165 cm³/mol. The minimum absolute atomic E-state index is 0.0195. The van der Waals surface area contributed by atoms with Gasteiger partial charge in [0.05, 0.1) is 0 Å². The van der Waals surface area contributed by atoms with Gasteiger partial charge < -0.3 is 0 Å². The Morgan fingerprint density at radius 2 is 1.76 bits per heavy atom. The van der Waals surface area contributed by atoms with Crippen LogP contribution in [0.2, 0.25) is 4.71 Å². The Labute approximate surface area is 271 Å². The van der Waals surface area contributed by atoms with Gasteiger partial charge in [-0.15, -0.1) is 0 Å². The summed E-state index contributed by atoms with van der Waals surface area (Å²) in [5.74, 6) is -0.0709. The molecule has 3 amide bonds. The molecule has 1 aromatic carbocycles. The molecule has 0 spiro atoms. The monoisotopic (exact) mass is 697 g/mol. The van der Waals surface area contributed by atoms with Crippen molar-refractivity contribution in [2.75, 3.05) is 45.9 Å². The summed E-state index contributed by atoms with van der Waals surface area (Å²) in [6.45, 7) is 5.34. The van der Waals surface area contributed by atoms with Gasteiger partial charge in [0.25, 0.3) is 0 Å². The molecule has 5 rings (SSSR count). The van der Waals surface area contributed by atoms with Gasteiger partial charge in [-0.2, -0.15) is 0 Å². The average Bonchev–Trinajstić information content (AvgIpc) is 3.44. The van der Waals surface area contributed by atoms with Gasteiger partial charge in [0.2, 0.25) is 0 Å². The summed E-state index contributed by atoms with van der Waals surface area (Å²) in [5.41, 5.74) is 1.44. The minimum atomic E-state index is -1.72. The van der Waals surface area contributed by atoms with Crippen LogP contribution in [0.1, 0.15) is 47.6 Å². The van der Waals surface area contributed by atoms with E-state index >= 15 is 0 Å². The van der Waals surface area contributed by atoms with Gasteiger partial charge in [-0.3, -0.25) is 0 Å². The molecule has 1 fully saturated rings. The van der Waals surface area contributed by atoms with Crippen molar-refractivity contribution in [1.29, 1.82) is 0 Å². The van der Waals surface area contributed by atoms with Crippen molar-refractivity contribution in [1.82, 2.24) is 24.7 Å². The second-order valence-corrected chi connectivity index (χ2v) is 14.0. The number of pyridine rings is 1. The summed E-state index contributed by atoms with van der Waals surface area (Å²) in [4.78, 5) is 77.4. The first kappa shape index (κ1) is 32.9. The molecule has 2 atom stereocenters. The van der Waals surface area contributed by atoms with Gasteiger partial charge in [0.15, 0.2) is 0 Å². The number of carboxylic acids is 1. The molecule has 3 aromatic rings. The fourth-order valence-electron chi connectivity index (χ4n) is 5.45. The van der Waals surface area contributed by atoms with Crippen molar-refractivity contribution in [2.24, 2.45) is 0 Å². The Kier molecular flexibility index (Phi) is 10.6. The molecule has 46 heavy (non-hydrogen) atoms. The zero-order chi connectivity index (χ0) is 32.8. The fourth-order valence-corrected chi connectivity index (χ4v) is 7.94. The molecular formula is C31H36AsN5O9. The maximum absolute atomic E-state index is 13.7. The topological polar surface area (TPSA) is 173 Å². The van der Waals surface area contributed by atoms with Crippen LogP contribution in [0, 0.1) is 6.92 Å². The first-order valence-corrected chi connectivity index (χ1v) is 17.4. The molecule has 2 aliphatic heterocycles. The molecule has 2 aliphatic rings. The normalized spacial score (nSPS) is 15.6. The molecule has 0 saturated carbocycles. The first-order valence-electron chi connectivity index (χ1n) is 15.1. The Balaban J connectivity index is 1.28. The van der Waals surface area contributed by atoms with Gasteiger partial charge in [0, 0.05) is 6.92 Å². The van der Waals surface area contributed by atoms with Crippen molar-refractivity contribution >= 4 is 55.1 Å². The van der Waals surface area contributed by atoms with Crippen LogP contribution in [-0.4, -0.2) is 120 Å². The third-order valence-corrected chi connectivity index (χ3v) is 10.8. The number of carbonyl (C=O) groups excluding carboxylic acids is 4. The Morgan fingerprint density at radius 1 is 1.02 bits per heavy atom. The van der Waals surface area contributed by atoms with E-state index in [1.807, 2.05) is 0 Å². The number of fused-ring (bicyclic) bond motifs is 2. The molecule has 14 nitrogen and oxygen atoms in total. The second-order valence-electron chi connectivity index (χ2n) is 10.9. The molecular weight excluding hydrogens is 661 g/mol. The number of oxazole rings is 1. The van der Waals surface area contributed by atoms with Crippen molar-refractivity contribution in [3.05, 3.63) is 53.4 Å². The number of rotatable bonds is 11. The number of piperazine rings is 1. The maximum atomic E-state index is 13.7. The van der Waals surface area contributed by atoms with Crippen LogP contribution in [0.4, 0.5) is 4.79 Å². The number of hydrogen-bond donors (Lipinski definition) is 1. The van der Waals surface area contributed by atoms with Crippen LogP contribution in [0.25, 0.3) is 10.9 Å². The van der Waals surface area contributed by atoms with Crippen molar-refractivity contribution in [2.45, 2.75) is 44.4 Å². The van der Waals surface area contributed by atoms with Gasteiger partial charge >= 0.3 is 265 Å². The van der Waals surface area contributed by atoms with Crippen LogP contribution >= 0.6 is 0 Å². The predicted octanol–water partition coefficient (Wildman–Crippen LogP) is 2.03. The molecule has 15 heteroatoms. The number of carboxylic acid groups (broad SMARTS) is 1. The molecule has 4 heterocycles. The van der Waals surface area contributed by atoms with Gasteiger partial charge in [-0.1, -0.05) is 0 Å². The van der Waals surface area contributed by atoms with Crippen LogP contribution < -0.4 is 4.74 Å². The summed E-state index contributed by atoms with van der Waals surface area (Å²) >= 11 is -1.72. The van der Waals surface area contributed by atoms with E-state index in [0.717, 1.165) is 5.69 Å². The van der Waals surface area contributed by atoms with Crippen LogP contribution in [0.3, 0.4) is 0 Å². The molecule has 1 N–H and O–H groups in total. The molecule has 244 valence electrons. The van der Waals surface area contributed by atoms with Crippen molar-refractivity contribution in [3.63, 3.8) is 0 Å². The van der Waals surface area contributed by atoms with Gasteiger partial charge in [0.1, 0.15) is 0 Å². The zero-order valence-corrected chi connectivity index (χ0v) is 27.8. The van der Waals surface area contributed by atoms with Crippen LogP contribution in [0.5, 0.6) is 5.75 Å². The van der Waals surface area contributed by atoms with E-state index in [4.69, 9.17) is 13.9 Å². The summed E-state index contributed by atoms with van der Waals surface area (Å²) in [5, 5.41) is 9.95. The number of aliphatic carboxylic acids is 1. The Morgan fingerprint density at radius 3 is 2.50 bits per heavy atom. The molecule has 2 unspecified atom stereocenters. The van der Waals surface area contributed by atoms with E-state index in [2.05, 4.69) is 9.97 Å². The number of carbonyl (C=O) groups is 5. The SMILES string of the molecule is CCOC(=O)N1CCN(C(=O)C(CCC(=O)O)[AsH]C(=O)c2cc(OCC(=O)N3CCc4nc(C)oc4C3)c3ccccc3n2)CC1. The number of ether oxygens (including phenoxy) is 2. The molecule has 0 radical (unpaired) electrons. The van der Waals surface area contributed by atoms with Crippen LogP contribution in [0.15, 0.2) is 34.7 Å². The number of aryl methyl sites for hydroxylation is 1. The van der Waals surface area contributed by atoms with E-state index in [9.17, 15) is 29.1 Å². The van der Waals surface area contributed by atoms with Crippen molar-refractivity contribution < 1.29 is 43.0 Å². The van der Waals surface area contributed by atoms with Crippen molar-refractivity contribution in [3.8, 4) is 5.75 Å². The van der Waals surface area contributed by atoms with Gasteiger partial charge in [-0.05, 0) is 0 Å². The third-order valence-electron chi connectivity index (χ3n) is 7.82. The molecule has 1 saturated heterocycles. The third kappa shape index (κ3) is 7.85.